The highest BCUT2D eigenvalue weighted by Gasteiger charge is 2.25. The number of hydrogen-bond donors (Lipinski definition) is 0. The van der Waals surface area contributed by atoms with Crippen LogP contribution in [0.4, 0.5) is 0 Å². The van der Waals surface area contributed by atoms with Gasteiger partial charge in [0.2, 0.25) is 0 Å². The van der Waals surface area contributed by atoms with E-state index in [9.17, 15) is 0 Å². The minimum Gasteiger partial charge on any atom is -0.379 e. The van der Waals surface area contributed by atoms with E-state index in [0.29, 0.717) is 11.5 Å². The topological polar surface area (TPSA) is 6.48 Å². The maximum Gasteiger partial charge on any atom is 0.0325 e. The van der Waals surface area contributed by atoms with E-state index < -0.39 is 0 Å². The van der Waals surface area contributed by atoms with Crippen molar-refractivity contribution in [3.8, 4) is 0 Å². The van der Waals surface area contributed by atoms with E-state index >= 15 is 0 Å². The van der Waals surface area contributed by atoms with E-state index in [-0.39, 0.29) is 0 Å². The predicted molar refractivity (Wildman–Crippen MR) is 57.6 cm³/mol. The lowest BCUT2D eigenvalue weighted by Gasteiger charge is -2.30. The molecule has 1 aliphatic heterocycles. The summed E-state index contributed by atoms with van der Waals surface area (Å²) >= 11 is 0. The molecule has 0 aromatic rings. The summed E-state index contributed by atoms with van der Waals surface area (Å²) in [5.74, 6) is 0. The molecule has 0 aromatic carbocycles. The Hall–Kier alpha value is -0.500. The van der Waals surface area contributed by atoms with Crippen molar-refractivity contribution in [3.63, 3.8) is 0 Å². The van der Waals surface area contributed by atoms with E-state index in [0.717, 1.165) is 6.54 Å². The molecule has 0 aliphatic carbocycles. The zero-order valence-corrected chi connectivity index (χ0v) is 9.54. The number of nitrogens with zero attached hydrogens (tertiary/aromatic N) is 2. The van der Waals surface area contributed by atoms with Crippen LogP contribution < -0.4 is 0 Å². The van der Waals surface area contributed by atoms with E-state index in [1.165, 1.54) is 6.42 Å². The molecule has 0 saturated heterocycles. The van der Waals surface area contributed by atoms with Crippen LogP contribution in [0.5, 0.6) is 0 Å². The standard InChI is InChI=1S/C11H22N2/c1-11(2)6-7-13(5)9-10(8-11)12(3)4/h6-7,10H,8-9H2,1-5H3. The van der Waals surface area contributed by atoms with E-state index in [2.05, 4.69) is 57.1 Å². The van der Waals surface area contributed by atoms with Crippen LogP contribution in [0, 0.1) is 5.41 Å². The summed E-state index contributed by atoms with van der Waals surface area (Å²) in [4.78, 5) is 4.60. The monoisotopic (exact) mass is 182 g/mol. The lowest BCUT2D eigenvalue weighted by atomic mass is 9.86. The second-order valence-electron chi connectivity index (χ2n) is 5.07. The Morgan fingerprint density at radius 1 is 1.38 bits per heavy atom. The highest BCUT2D eigenvalue weighted by molar-refractivity contribution is 5.00. The van der Waals surface area contributed by atoms with Crippen molar-refractivity contribution < 1.29 is 0 Å². The van der Waals surface area contributed by atoms with Gasteiger partial charge in [-0.05, 0) is 32.1 Å². The molecule has 2 heteroatoms. The second kappa shape index (κ2) is 3.70. The first-order chi connectivity index (χ1) is 5.91. The zero-order chi connectivity index (χ0) is 10.1. The van der Waals surface area contributed by atoms with Crippen LogP contribution in [0.25, 0.3) is 0 Å². The maximum absolute atomic E-state index is 2.32. The van der Waals surface area contributed by atoms with Gasteiger partial charge in [-0.3, -0.25) is 0 Å². The van der Waals surface area contributed by atoms with E-state index in [1.807, 2.05) is 0 Å². The third-order valence-corrected chi connectivity index (χ3v) is 2.77. The number of hydrogen-bond acceptors (Lipinski definition) is 2. The van der Waals surface area contributed by atoms with Crippen LogP contribution in [0.2, 0.25) is 0 Å². The molecular formula is C11H22N2. The largest absolute Gasteiger partial charge is 0.379 e. The van der Waals surface area contributed by atoms with Gasteiger partial charge in [-0.15, -0.1) is 0 Å². The van der Waals surface area contributed by atoms with Crippen molar-refractivity contribution in [3.05, 3.63) is 12.3 Å². The molecule has 0 radical (unpaired) electrons. The molecule has 0 aromatic heterocycles. The summed E-state index contributed by atoms with van der Waals surface area (Å²) in [5.41, 5.74) is 0.333. The minimum absolute atomic E-state index is 0.333. The molecule has 0 fully saturated rings. The molecule has 1 unspecified atom stereocenters. The van der Waals surface area contributed by atoms with E-state index in [1.54, 1.807) is 0 Å². The smallest absolute Gasteiger partial charge is 0.0325 e. The molecule has 76 valence electrons. The van der Waals surface area contributed by atoms with Gasteiger partial charge in [0.25, 0.3) is 0 Å². The molecule has 0 N–H and O–H groups in total. The summed E-state index contributed by atoms with van der Waals surface area (Å²) < 4.78 is 0. The summed E-state index contributed by atoms with van der Waals surface area (Å²) in [6, 6.07) is 0.662. The van der Waals surface area contributed by atoms with Gasteiger partial charge < -0.3 is 9.80 Å². The molecule has 0 bridgehead atoms. The Balaban J connectivity index is 2.72. The average molecular weight is 182 g/mol. The summed E-state index contributed by atoms with van der Waals surface area (Å²) in [7, 11) is 6.48. The Morgan fingerprint density at radius 2 is 2.00 bits per heavy atom. The first-order valence-electron chi connectivity index (χ1n) is 4.97. The Bertz CT molecular complexity index is 194. The fourth-order valence-electron chi connectivity index (χ4n) is 1.81. The fraction of sp³-hybridized carbons (Fsp3) is 0.818. The predicted octanol–water partition coefficient (Wildman–Crippen LogP) is 1.79. The van der Waals surface area contributed by atoms with Crippen LogP contribution in [0.1, 0.15) is 20.3 Å². The molecular weight excluding hydrogens is 160 g/mol. The third kappa shape index (κ3) is 3.03. The van der Waals surface area contributed by atoms with Gasteiger partial charge in [0.1, 0.15) is 0 Å². The van der Waals surface area contributed by atoms with Crippen molar-refractivity contribution in [2.75, 3.05) is 27.7 Å². The lowest BCUT2D eigenvalue weighted by Crippen LogP contribution is -2.38. The van der Waals surface area contributed by atoms with Gasteiger partial charge in [-0.2, -0.15) is 0 Å². The molecule has 0 spiro atoms. The first kappa shape index (κ1) is 10.6. The average Bonchev–Trinajstić information content (AvgIpc) is 2.11. The number of rotatable bonds is 1. The molecule has 2 nitrogen and oxygen atoms in total. The molecule has 1 aliphatic rings. The van der Waals surface area contributed by atoms with Crippen molar-refractivity contribution in [1.82, 2.24) is 9.80 Å². The van der Waals surface area contributed by atoms with Gasteiger partial charge in [0.05, 0.1) is 0 Å². The van der Waals surface area contributed by atoms with E-state index in [4.69, 9.17) is 0 Å². The van der Waals surface area contributed by atoms with Crippen LogP contribution in [0.3, 0.4) is 0 Å². The van der Waals surface area contributed by atoms with Crippen molar-refractivity contribution in [1.29, 1.82) is 0 Å². The summed E-state index contributed by atoms with van der Waals surface area (Å²) in [5, 5.41) is 0. The van der Waals surface area contributed by atoms with Crippen LogP contribution in [-0.2, 0) is 0 Å². The highest BCUT2D eigenvalue weighted by Crippen LogP contribution is 2.28. The number of likely N-dealkylation sites (N-methyl/N-ethyl adjacent to an activating group) is 2. The highest BCUT2D eigenvalue weighted by atomic mass is 15.2. The lowest BCUT2D eigenvalue weighted by molar-refractivity contribution is 0.203. The van der Waals surface area contributed by atoms with Crippen LogP contribution in [0.15, 0.2) is 12.3 Å². The van der Waals surface area contributed by atoms with Gasteiger partial charge in [0, 0.05) is 19.6 Å². The quantitative estimate of drug-likeness (QED) is 0.610. The Labute approximate surface area is 82.2 Å². The van der Waals surface area contributed by atoms with Crippen molar-refractivity contribution in [2.45, 2.75) is 26.3 Å². The van der Waals surface area contributed by atoms with Crippen molar-refractivity contribution in [2.24, 2.45) is 5.41 Å². The molecule has 0 saturated carbocycles. The number of allylic oxidation sites excluding steroid dienone is 1. The van der Waals surface area contributed by atoms with Crippen LogP contribution >= 0.6 is 0 Å². The molecule has 13 heavy (non-hydrogen) atoms. The molecule has 0 amide bonds. The third-order valence-electron chi connectivity index (χ3n) is 2.77. The van der Waals surface area contributed by atoms with Gasteiger partial charge in [-0.1, -0.05) is 19.9 Å². The van der Waals surface area contributed by atoms with Gasteiger partial charge >= 0.3 is 0 Å². The molecule has 1 heterocycles. The fourth-order valence-corrected chi connectivity index (χ4v) is 1.81. The molecule has 1 rings (SSSR count). The Morgan fingerprint density at radius 3 is 2.54 bits per heavy atom. The summed E-state index contributed by atoms with van der Waals surface area (Å²) in [6.07, 6.45) is 5.76. The Kier molecular flexibility index (Phi) is 3.01. The van der Waals surface area contributed by atoms with Crippen molar-refractivity contribution >= 4 is 0 Å². The second-order valence-corrected chi connectivity index (χ2v) is 5.07. The normalized spacial score (nSPS) is 27.8. The van der Waals surface area contributed by atoms with Crippen LogP contribution in [-0.4, -0.2) is 43.5 Å². The summed E-state index contributed by atoms with van der Waals surface area (Å²) in [6.45, 7) is 5.74. The first-order valence-corrected chi connectivity index (χ1v) is 4.97. The maximum atomic E-state index is 2.32. The zero-order valence-electron chi connectivity index (χ0n) is 9.54. The van der Waals surface area contributed by atoms with Gasteiger partial charge in [-0.25, -0.2) is 0 Å². The van der Waals surface area contributed by atoms with Gasteiger partial charge in [0.15, 0.2) is 0 Å². The minimum atomic E-state index is 0.333. The SMILES string of the molecule is CN1C=CC(C)(C)CC(N(C)C)C1. The molecule has 1 atom stereocenters.